The van der Waals surface area contributed by atoms with Gasteiger partial charge in [-0.25, -0.2) is 4.79 Å². The van der Waals surface area contributed by atoms with E-state index in [2.05, 4.69) is 24.5 Å². The number of nitro groups is 1. The normalized spacial score (nSPS) is 16.8. The predicted octanol–water partition coefficient (Wildman–Crippen LogP) is 2.75. The molecule has 0 saturated carbocycles. The first-order valence-electron chi connectivity index (χ1n) is 8.49. The number of carbonyl (C=O) groups excluding carboxylic acids is 2. The zero-order valence-electron chi connectivity index (χ0n) is 14.5. The van der Waals surface area contributed by atoms with Crippen molar-refractivity contribution < 1.29 is 14.5 Å². The first-order chi connectivity index (χ1) is 11.9. The SMILES string of the molecule is CC(C)CCNC(=O)C1CCCN1C(=O)Nc1ccccc1[N+](=O)[O-]. The average molecular weight is 348 g/mol. The number of nitrogens with one attached hydrogen (secondary N) is 2. The van der Waals surface area contributed by atoms with E-state index in [0.717, 1.165) is 12.8 Å². The van der Waals surface area contributed by atoms with Gasteiger partial charge in [-0.1, -0.05) is 26.0 Å². The topological polar surface area (TPSA) is 105 Å². The highest BCUT2D eigenvalue weighted by atomic mass is 16.6. The number of hydrogen-bond acceptors (Lipinski definition) is 4. The Morgan fingerprint density at radius 2 is 2.08 bits per heavy atom. The van der Waals surface area contributed by atoms with E-state index < -0.39 is 17.0 Å². The summed E-state index contributed by atoms with van der Waals surface area (Å²) in [6.07, 6.45) is 2.20. The van der Waals surface area contributed by atoms with Gasteiger partial charge in [-0.2, -0.15) is 0 Å². The summed E-state index contributed by atoms with van der Waals surface area (Å²) in [6, 6.07) is 4.93. The molecule has 2 rings (SSSR count). The molecule has 1 heterocycles. The van der Waals surface area contributed by atoms with Crippen LogP contribution >= 0.6 is 0 Å². The highest BCUT2D eigenvalue weighted by molar-refractivity contribution is 5.95. The van der Waals surface area contributed by atoms with E-state index in [-0.39, 0.29) is 17.3 Å². The first-order valence-corrected chi connectivity index (χ1v) is 8.49. The minimum absolute atomic E-state index is 0.128. The second-order valence-corrected chi connectivity index (χ2v) is 6.53. The average Bonchev–Trinajstić information content (AvgIpc) is 3.04. The molecule has 1 aromatic rings. The zero-order chi connectivity index (χ0) is 18.4. The lowest BCUT2D eigenvalue weighted by atomic mass is 10.1. The lowest BCUT2D eigenvalue weighted by Gasteiger charge is -2.24. The first kappa shape index (κ1) is 18.7. The fourth-order valence-electron chi connectivity index (χ4n) is 2.81. The molecule has 0 bridgehead atoms. The fraction of sp³-hybridized carbons (Fsp3) is 0.529. The molecule has 3 amide bonds. The summed E-state index contributed by atoms with van der Waals surface area (Å²) >= 11 is 0. The summed E-state index contributed by atoms with van der Waals surface area (Å²) in [7, 11) is 0. The van der Waals surface area contributed by atoms with Gasteiger partial charge in [-0.15, -0.1) is 0 Å². The molecule has 1 aliphatic heterocycles. The van der Waals surface area contributed by atoms with Crippen LogP contribution < -0.4 is 10.6 Å². The third-order valence-electron chi connectivity index (χ3n) is 4.18. The van der Waals surface area contributed by atoms with Crippen LogP contribution in [0.4, 0.5) is 16.2 Å². The van der Waals surface area contributed by atoms with Crippen molar-refractivity contribution in [2.45, 2.75) is 39.2 Å². The summed E-state index contributed by atoms with van der Waals surface area (Å²) in [4.78, 5) is 36.8. The van der Waals surface area contributed by atoms with Crippen LogP contribution in [0.15, 0.2) is 24.3 Å². The van der Waals surface area contributed by atoms with Crippen LogP contribution in [0.5, 0.6) is 0 Å². The number of benzene rings is 1. The Labute approximate surface area is 146 Å². The van der Waals surface area contributed by atoms with E-state index in [1.807, 2.05) is 0 Å². The molecule has 1 aromatic carbocycles. The Hall–Kier alpha value is -2.64. The summed E-state index contributed by atoms with van der Waals surface area (Å²) < 4.78 is 0. The Bertz CT molecular complexity index is 647. The van der Waals surface area contributed by atoms with Crippen molar-refractivity contribution in [3.05, 3.63) is 34.4 Å². The number of para-hydroxylation sites is 2. The summed E-state index contributed by atoms with van der Waals surface area (Å²) in [5.41, 5.74) is -0.0450. The molecule has 1 atom stereocenters. The van der Waals surface area contributed by atoms with Gasteiger partial charge in [0.15, 0.2) is 0 Å². The molecule has 8 heteroatoms. The van der Waals surface area contributed by atoms with Crippen molar-refractivity contribution in [3.8, 4) is 0 Å². The van der Waals surface area contributed by atoms with Crippen LogP contribution in [0.1, 0.15) is 33.1 Å². The summed E-state index contributed by atoms with van der Waals surface area (Å²) in [5, 5.41) is 16.5. The standard InChI is InChI=1S/C17H24N4O4/c1-12(2)9-10-18-16(22)15-8-5-11-20(15)17(23)19-13-6-3-4-7-14(13)21(24)25/h3-4,6-7,12,15H,5,8-11H2,1-2H3,(H,18,22)(H,19,23). The molecular weight excluding hydrogens is 324 g/mol. The van der Waals surface area contributed by atoms with E-state index in [0.29, 0.717) is 25.4 Å². The minimum Gasteiger partial charge on any atom is -0.354 e. The number of hydrogen-bond donors (Lipinski definition) is 2. The minimum atomic E-state index is -0.546. The summed E-state index contributed by atoms with van der Waals surface area (Å²) in [6.45, 7) is 5.18. The summed E-state index contributed by atoms with van der Waals surface area (Å²) in [5.74, 6) is 0.317. The van der Waals surface area contributed by atoms with Gasteiger partial charge in [0.25, 0.3) is 5.69 Å². The van der Waals surface area contributed by atoms with Crippen LogP contribution in [0, 0.1) is 16.0 Å². The molecule has 0 radical (unpaired) electrons. The van der Waals surface area contributed by atoms with E-state index in [9.17, 15) is 19.7 Å². The number of rotatable bonds is 6. The van der Waals surface area contributed by atoms with Gasteiger partial charge in [0.2, 0.25) is 5.91 Å². The molecule has 0 aromatic heterocycles. The zero-order valence-corrected chi connectivity index (χ0v) is 14.5. The van der Waals surface area contributed by atoms with E-state index >= 15 is 0 Å². The maximum Gasteiger partial charge on any atom is 0.322 e. The second kappa shape index (κ2) is 8.46. The van der Waals surface area contributed by atoms with Crippen LogP contribution in [0.3, 0.4) is 0 Å². The molecule has 1 fully saturated rings. The quantitative estimate of drug-likeness (QED) is 0.609. The van der Waals surface area contributed by atoms with Gasteiger partial charge in [-0.3, -0.25) is 14.9 Å². The molecule has 0 spiro atoms. The number of nitrogens with zero attached hydrogens (tertiary/aromatic N) is 2. The number of nitro benzene ring substituents is 1. The molecule has 8 nitrogen and oxygen atoms in total. The Kier molecular flexibility index (Phi) is 6.32. The van der Waals surface area contributed by atoms with Gasteiger partial charge in [0, 0.05) is 19.2 Å². The Morgan fingerprint density at radius 1 is 1.36 bits per heavy atom. The Morgan fingerprint density at radius 3 is 2.76 bits per heavy atom. The van der Waals surface area contributed by atoms with Crippen molar-refractivity contribution in [2.24, 2.45) is 5.92 Å². The number of urea groups is 1. The lowest BCUT2D eigenvalue weighted by Crippen LogP contribution is -2.47. The molecular formula is C17H24N4O4. The fourth-order valence-corrected chi connectivity index (χ4v) is 2.81. The molecule has 0 aliphatic carbocycles. The van der Waals surface area contributed by atoms with Gasteiger partial charge < -0.3 is 15.5 Å². The molecule has 25 heavy (non-hydrogen) atoms. The number of carbonyl (C=O) groups is 2. The lowest BCUT2D eigenvalue weighted by molar-refractivity contribution is -0.383. The van der Waals surface area contributed by atoms with Crippen molar-refractivity contribution in [1.82, 2.24) is 10.2 Å². The van der Waals surface area contributed by atoms with Gasteiger partial charge in [-0.05, 0) is 31.2 Å². The molecule has 1 unspecified atom stereocenters. The third-order valence-corrected chi connectivity index (χ3v) is 4.18. The van der Waals surface area contributed by atoms with Crippen molar-refractivity contribution in [3.63, 3.8) is 0 Å². The number of anilines is 1. The molecule has 1 aliphatic rings. The largest absolute Gasteiger partial charge is 0.354 e. The smallest absolute Gasteiger partial charge is 0.322 e. The van der Waals surface area contributed by atoms with Crippen LogP contribution in [-0.2, 0) is 4.79 Å². The maximum atomic E-state index is 12.5. The molecule has 1 saturated heterocycles. The third kappa shape index (κ3) is 4.91. The van der Waals surface area contributed by atoms with Gasteiger partial charge >= 0.3 is 6.03 Å². The van der Waals surface area contributed by atoms with E-state index in [1.54, 1.807) is 6.07 Å². The predicted molar refractivity (Wildman–Crippen MR) is 94.3 cm³/mol. The van der Waals surface area contributed by atoms with Crippen molar-refractivity contribution >= 4 is 23.3 Å². The number of amides is 3. The van der Waals surface area contributed by atoms with Crippen molar-refractivity contribution in [2.75, 3.05) is 18.4 Å². The van der Waals surface area contributed by atoms with Crippen molar-refractivity contribution in [1.29, 1.82) is 0 Å². The molecule has 2 N–H and O–H groups in total. The highest BCUT2D eigenvalue weighted by Crippen LogP contribution is 2.25. The second-order valence-electron chi connectivity index (χ2n) is 6.53. The number of likely N-dealkylation sites (tertiary alicyclic amines) is 1. The van der Waals surface area contributed by atoms with Gasteiger partial charge in [0.05, 0.1) is 4.92 Å². The van der Waals surface area contributed by atoms with E-state index in [1.165, 1.54) is 23.1 Å². The molecule has 136 valence electrons. The Balaban J connectivity index is 2.01. The van der Waals surface area contributed by atoms with Gasteiger partial charge in [0.1, 0.15) is 11.7 Å². The maximum absolute atomic E-state index is 12.5. The highest BCUT2D eigenvalue weighted by Gasteiger charge is 2.34. The van der Waals surface area contributed by atoms with Crippen LogP contribution in [0.25, 0.3) is 0 Å². The van der Waals surface area contributed by atoms with E-state index in [4.69, 9.17) is 0 Å². The van der Waals surface area contributed by atoms with Crippen LogP contribution in [-0.4, -0.2) is 40.9 Å². The monoisotopic (exact) mass is 348 g/mol. The van der Waals surface area contributed by atoms with Crippen LogP contribution in [0.2, 0.25) is 0 Å².